The van der Waals surface area contributed by atoms with Crippen molar-refractivity contribution in [2.24, 2.45) is 5.73 Å². The summed E-state index contributed by atoms with van der Waals surface area (Å²) in [5, 5.41) is 20.0. The van der Waals surface area contributed by atoms with Gasteiger partial charge >= 0.3 is 13.1 Å². The molecule has 3 aromatic carbocycles. The van der Waals surface area contributed by atoms with Crippen LogP contribution in [0.2, 0.25) is 0 Å². The van der Waals surface area contributed by atoms with Gasteiger partial charge in [0, 0.05) is 49.4 Å². The zero-order valence-corrected chi connectivity index (χ0v) is 67.9. The number of esters is 1. The van der Waals surface area contributed by atoms with Crippen molar-refractivity contribution in [1.82, 2.24) is 35.2 Å². The zero-order valence-electron chi connectivity index (χ0n) is 62.3. The van der Waals surface area contributed by atoms with E-state index in [2.05, 4.69) is 66.7 Å². The fraction of sp³-hybridized carbons (Fsp3) is 0.543. The van der Waals surface area contributed by atoms with Crippen LogP contribution in [0.5, 0.6) is 17.2 Å². The Labute approximate surface area is 644 Å². The smallest absolute Gasteiger partial charge is 0.486 e. The third-order valence-electron chi connectivity index (χ3n) is 19.1. The summed E-state index contributed by atoms with van der Waals surface area (Å²) >= 11 is 3.31. The van der Waals surface area contributed by atoms with E-state index in [0.717, 1.165) is 27.8 Å². The standard InChI is InChI=1S/C27H37N3O6S.C21H28N4O4S.C14H20BrN3O4S.C8H9B2NO3.2ClH/c1-17-14-34-15-20-16-35-22-23(27(5,6)37(7,32)33)28-24(29-25(22)30(17)20)19-11-8-18(9-12-19)10-13-21(31)36-26(2,3)4;1-13-10-28-11-16-12-29-17-18(21(2,3)30(4,26)27)23-19(24-20(17)25(13)16)15-7-5-14(9-22)6-8-15;1-8-5-21-6-9-7-22-10-11(14(2,3)23(4,19)20)16-13(15)17-12(10)18(8)9;9-8(12)11-5-6-1-3-7(4-2-6)10(13)14;;/h8-9,11-12,17,20H,10,13-16H2,1-7H3;5-8,13,16H,9-12,22H2,1-4H3;8-9H,5-7H2,1-4H3;1-4,13-14H,5H2,(H,11,12);2*1H/t17-,20+;13-,16+;8-,9+;;;/m111.../s1. The van der Waals surface area contributed by atoms with Crippen molar-refractivity contribution in [3.63, 3.8) is 0 Å². The van der Waals surface area contributed by atoms with Crippen LogP contribution in [0.25, 0.3) is 22.8 Å². The number of nitrogens with two attached hydrogens (primary N) is 1. The van der Waals surface area contributed by atoms with E-state index in [4.69, 9.17) is 76.7 Å². The van der Waals surface area contributed by atoms with Gasteiger partial charge in [0.2, 0.25) is 7.85 Å². The van der Waals surface area contributed by atoms with Gasteiger partial charge in [-0.2, -0.15) is 0 Å². The van der Waals surface area contributed by atoms with Crippen molar-refractivity contribution in [2.75, 3.05) is 92.9 Å². The molecule has 0 spiro atoms. The van der Waals surface area contributed by atoms with Crippen LogP contribution in [-0.4, -0.2) is 212 Å². The molecule has 3 saturated heterocycles. The molecule has 6 aromatic rings. The monoisotopic (exact) mass is 1630 g/mol. The molecule has 12 rings (SSSR count). The predicted molar refractivity (Wildman–Crippen MR) is 415 cm³/mol. The van der Waals surface area contributed by atoms with Gasteiger partial charge in [0.25, 0.3) is 0 Å². The molecular formula is C70H96B2BrCl2N11O17S3. The molecule has 5 N–H and O–H groups in total. The van der Waals surface area contributed by atoms with Crippen LogP contribution in [0.3, 0.4) is 0 Å². The fourth-order valence-corrected chi connectivity index (χ4v) is 14.0. The van der Waals surface area contributed by atoms with Crippen LogP contribution in [-0.2, 0) is 87.0 Å². The number of hydrogen-bond donors (Lipinski definition) is 4. The lowest BCUT2D eigenvalue weighted by molar-refractivity contribution is -0.154. The minimum Gasteiger partial charge on any atom is -0.486 e. The molecule has 3 fully saturated rings. The summed E-state index contributed by atoms with van der Waals surface area (Å²) in [6.45, 7) is 26.9. The molecule has 36 heteroatoms. The number of amides is 1. The van der Waals surface area contributed by atoms with Gasteiger partial charge in [-0.25, -0.2) is 55.2 Å². The summed E-state index contributed by atoms with van der Waals surface area (Å²) in [6.07, 6.45) is 4.47. The average molecular weight is 1630 g/mol. The topological polar surface area (TPSA) is 367 Å². The number of fused-ring (bicyclic) bond motifs is 9. The van der Waals surface area contributed by atoms with Crippen molar-refractivity contribution in [2.45, 2.75) is 165 Å². The number of ether oxygens (including phenoxy) is 7. The Hall–Kier alpha value is -6.56. The summed E-state index contributed by atoms with van der Waals surface area (Å²) in [5.74, 6) is 3.22. The molecule has 28 nitrogen and oxygen atoms in total. The van der Waals surface area contributed by atoms with Gasteiger partial charge in [0.15, 0.2) is 86.4 Å². The van der Waals surface area contributed by atoms with E-state index in [1.807, 2.05) is 69.3 Å². The number of hydrogen-bond acceptors (Lipinski definition) is 27. The van der Waals surface area contributed by atoms with Crippen molar-refractivity contribution >= 4 is 120 Å². The molecule has 2 radical (unpaired) electrons. The van der Waals surface area contributed by atoms with Gasteiger partial charge in [-0.1, -0.05) is 72.8 Å². The van der Waals surface area contributed by atoms with E-state index in [1.165, 1.54) is 18.8 Å². The lowest BCUT2D eigenvalue weighted by atomic mass is 9.80. The number of benzene rings is 3. The Balaban J connectivity index is 0.000000205. The zero-order chi connectivity index (χ0) is 76.4. The SMILES string of the molecule is C[C@@H]1COC[C@H]2COc3c(nc(-c4ccc(CCC(=O)OC(C)(C)C)cc4)nc3C(C)(C)S(C)(=O)=O)N21.C[C@@H]1COC[C@H]2COc3c(nc(-c4ccc(CN)cc4)nc3C(C)(C)S(C)(=O)=O)N21.C[C@@H]1COC[C@H]2COc3c(nc(Br)nc3C(C)(C)S(C)(=O)=O)N21.Cl.Cl.[B]C(=O)NCc1ccc(B(O)O)cc1. The normalized spacial score (nSPS) is 19.7. The second kappa shape index (κ2) is 34.6. The number of halogens is 3. The van der Waals surface area contributed by atoms with Gasteiger partial charge < -0.3 is 69.0 Å². The second-order valence-electron chi connectivity index (χ2n) is 29.2. The number of sulfone groups is 3. The predicted octanol–water partition coefficient (Wildman–Crippen LogP) is 6.64. The lowest BCUT2D eigenvalue weighted by Gasteiger charge is -2.45. The molecule has 106 heavy (non-hydrogen) atoms. The van der Waals surface area contributed by atoms with Gasteiger partial charge in [-0.15, -0.1) is 24.8 Å². The minimum atomic E-state index is -3.52. The largest absolute Gasteiger partial charge is 0.488 e. The summed E-state index contributed by atoms with van der Waals surface area (Å²) in [7, 11) is -6.95. The Morgan fingerprint density at radius 3 is 1.24 bits per heavy atom. The fourth-order valence-electron chi connectivity index (χ4n) is 12.2. The van der Waals surface area contributed by atoms with Crippen LogP contribution in [0.15, 0.2) is 77.5 Å². The second-order valence-corrected chi connectivity index (χ2v) is 37.6. The maximum absolute atomic E-state index is 12.8. The molecule has 9 heterocycles. The molecule has 0 unspecified atom stereocenters. The quantitative estimate of drug-likeness (QED) is 0.0475. The van der Waals surface area contributed by atoms with Crippen molar-refractivity contribution in [3.8, 4) is 40.0 Å². The summed E-state index contributed by atoms with van der Waals surface area (Å²) in [4.78, 5) is 57.0. The van der Waals surface area contributed by atoms with Crippen molar-refractivity contribution in [1.29, 1.82) is 0 Å². The minimum absolute atomic E-state index is 0. The van der Waals surface area contributed by atoms with E-state index in [9.17, 15) is 34.8 Å². The van der Waals surface area contributed by atoms with Gasteiger partial charge in [0.1, 0.15) is 56.7 Å². The Morgan fingerprint density at radius 1 is 0.547 bits per heavy atom. The highest BCUT2D eigenvalue weighted by Crippen LogP contribution is 2.48. The average Bonchev–Trinajstić information content (AvgIpc) is 0.749. The number of morpholine rings is 3. The molecule has 1 amide bonds. The summed E-state index contributed by atoms with van der Waals surface area (Å²) in [6, 6.07) is 22.2. The third kappa shape index (κ3) is 19.7. The number of aromatic nitrogens is 6. The van der Waals surface area contributed by atoms with Crippen molar-refractivity contribution < 1.29 is 78.0 Å². The molecule has 3 aromatic heterocycles. The van der Waals surface area contributed by atoms with Crippen LogP contribution in [0.1, 0.15) is 123 Å². The van der Waals surface area contributed by atoms with Crippen LogP contribution >= 0.6 is 40.7 Å². The first-order valence-electron chi connectivity index (χ1n) is 34.1. The van der Waals surface area contributed by atoms with Crippen molar-refractivity contribution in [3.05, 3.63) is 111 Å². The molecule has 0 bridgehead atoms. The molecule has 6 aliphatic heterocycles. The van der Waals surface area contributed by atoms with E-state index >= 15 is 0 Å². The molecule has 578 valence electrons. The Bertz CT molecular complexity index is 4460. The number of nitrogens with one attached hydrogen (secondary N) is 1. The summed E-state index contributed by atoms with van der Waals surface area (Å²) < 4.78 is 112. The Kier molecular flexibility index (Phi) is 28.3. The molecular weight excluding hydrogens is 1540 g/mol. The number of carbonyl (C=O) groups is 2. The van der Waals surface area contributed by atoms with Gasteiger partial charge in [-0.05, 0) is 128 Å². The Morgan fingerprint density at radius 2 is 0.896 bits per heavy atom. The highest BCUT2D eigenvalue weighted by molar-refractivity contribution is 9.10. The third-order valence-corrected chi connectivity index (χ3v) is 25.6. The maximum atomic E-state index is 12.8. The van der Waals surface area contributed by atoms with E-state index < -0.39 is 62.3 Å². The first kappa shape index (κ1) is 86.7. The number of nitrogens with zero attached hydrogens (tertiary/aromatic N) is 9. The number of carbonyl (C=O) groups excluding carboxylic acids is 2. The van der Waals surface area contributed by atoms with Gasteiger partial charge in [0.05, 0.1) is 75.9 Å². The number of aryl methyl sites for hydroxylation is 1. The van der Waals surface area contributed by atoms with E-state index in [0.29, 0.717) is 153 Å². The van der Waals surface area contributed by atoms with Gasteiger partial charge in [-0.3, -0.25) is 9.59 Å². The van der Waals surface area contributed by atoms with Crippen LogP contribution < -0.4 is 45.4 Å². The molecule has 6 atom stereocenters. The molecule has 6 aliphatic rings. The number of rotatable bonds is 15. The highest BCUT2D eigenvalue weighted by atomic mass is 79.9. The first-order chi connectivity index (χ1) is 48.5. The lowest BCUT2D eigenvalue weighted by Crippen LogP contribution is -2.56. The van der Waals surface area contributed by atoms with Crippen LogP contribution in [0, 0.1) is 0 Å². The maximum Gasteiger partial charge on any atom is 0.488 e. The molecule has 0 aliphatic carbocycles. The highest BCUT2D eigenvalue weighted by Gasteiger charge is 2.48. The number of anilines is 3. The van der Waals surface area contributed by atoms with E-state index in [1.54, 1.807) is 65.8 Å². The van der Waals surface area contributed by atoms with Crippen LogP contribution in [0.4, 0.5) is 22.2 Å². The molecule has 0 saturated carbocycles. The van der Waals surface area contributed by atoms with E-state index in [-0.39, 0.29) is 73.5 Å². The first-order valence-corrected chi connectivity index (χ1v) is 40.6. The summed E-state index contributed by atoms with van der Waals surface area (Å²) in [5.41, 5.74) is 11.1.